The topological polar surface area (TPSA) is 36.4 Å². The molecule has 0 N–H and O–H groups in total. The molecule has 0 radical (unpaired) electrons. The molecule has 0 unspecified atom stereocenters. The lowest BCUT2D eigenvalue weighted by atomic mass is 9.83. The van der Waals surface area contributed by atoms with Gasteiger partial charge in [0.25, 0.3) is 0 Å². The number of aromatic nitrogens is 1. The van der Waals surface area contributed by atoms with Crippen LogP contribution in [-0.4, -0.2) is 42.0 Å². The molecular formula is C24H32F3N3O. The molecule has 0 aromatic carbocycles. The van der Waals surface area contributed by atoms with Gasteiger partial charge in [-0.25, -0.2) is 4.98 Å². The molecule has 3 fully saturated rings. The Morgan fingerprint density at radius 3 is 2.16 bits per heavy atom. The number of carbonyl (C=O) groups excluding carboxylic acids is 1. The van der Waals surface area contributed by atoms with E-state index in [9.17, 15) is 18.0 Å². The zero-order chi connectivity index (χ0) is 21.8. The number of carbonyl (C=O) groups is 1. The van der Waals surface area contributed by atoms with Crippen LogP contribution in [0.2, 0.25) is 0 Å². The van der Waals surface area contributed by atoms with Crippen molar-refractivity contribution >= 4 is 11.6 Å². The number of anilines is 1. The van der Waals surface area contributed by atoms with Crippen LogP contribution in [-0.2, 0) is 11.0 Å². The van der Waals surface area contributed by atoms with Gasteiger partial charge in [0.2, 0.25) is 5.91 Å². The fourth-order valence-electron chi connectivity index (χ4n) is 4.94. The van der Waals surface area contributed by atoms with Crippen molar-refractivity contribution in [3.8, 4) is 0 Å². The van der Waals surface area contributed by atoms with Crippen LogP contribution in [0.5, 0.6) is 0 Å². The highest BCUT2D eigenvalue weighted by Gasteiger charge is 2.33. The summed E-state index contributed by atoms with van der Waals surface area (Å²) in [6, 6.07) is 2.51. The molecule has 4 rings (SSSR count). The van der Waals surface area contributed by atoms with Crippen molar-refractivity contribution in [3.05, 3.63) is 35.7 Å². The number of alkyl halides is 3. The molecule has 31 heavy (non-hydrogen) atoms. The van der Waals surface area contributed by atoms with Crippen molar-refractivity contribution in [2.45, 2.75) is 64.0 Å². The minimum atomic E-state index is -4.42. The van der Waals surface area contributed by atoms with E-state index in [-0.39, 0.29) is 11.8 Å². The lowest BCUT2D eigenvalue weighted by Crippen LogP contribution is -2.43. The first kappa shape index (κ1) is 22.2. The number of hydrogen-bond acceptors (Lipinski definition) is 3. The molecule has 2 aliphatic heterocycles. The third-order valence-corrected chi connectivity index (χ3v) is 7.03. The summed E-state index contributed by atoms with van der Waals surface area (Å²) in [7, 11) is 0. The van der Waals surface area contributed by atoms with E-state index in [0.29, 0.717) is 18.8 Å². The summed E-state index contributed by atoms with van der Waals surface area (Å²) in [6.07, 6.45) is 9.21. The highest BCUT2D eigenvalue weighted by atomic mass is 19.4. The smallest absolute Gasteiger partial charge is 0.370 e. The number of piperidine rings is 1. The van der Waals surface area contributed by atoms with Crippen molar-refractivity contribution in [1.29, 1.82) is 0 Å². The second-order valence-corrected chi connectivity index (χ2v) is 9.21. The van der Waals surface area contributed by atoms with E-state index in [1.54, 1.807) is 5.57 Å². The summed E-state index contributed by atoms with van der Waals surface area (Å²) in [5.74, 6) is 1.08. The van der Waals surface area contributed by atoms with Gasteiger partial charge in [0, 0.05) is 32.1 Å². The Bertz CT molecular complexity index is 766. The molecule has 0 bridgehead atoms. The molecule has 7 heteroatoms. The molecule has 1 amide bonds. The Morgan fingerprint density at radius 2 is 1.65 bits per heavy atom. The Labute approximate surface area is 182 Å². The first-order valence-electron chi connectivity index (χ1n) is 11.7. The monoisotopic (exact) mass is 435 g/mol. The molecular weight excluding hydrogens is 403 g/mol. The first-order chi connectivity index (χ1) is 14.9. The molecule has 2 saturated heterocycles. The van der Waals surface area contributed by atoms with Gasteiger partial charge in [-0.15, -0.1) is 0 Å². The summed E-state index contributed by atoms with van der Waals surface area (Å²) < 4.78 is 38.1. The quantitative estimate of drug-likeness (QED) is 0.593. The Kier molecular flexibility index (Phi) is 6.87. The number of halogens is 3. The largest absolute Gasteiger partial charge is 0.433 e. The van der Waals surface area contributed by atoms with Crippen LogP contribution in [0.1, 0.15) is 63.5 Å². The highest BCUT2D eigenvalue weighted by molar-refractivity contribution is 5.79. The van der Waals surface area contributed by atoms with E-state index >= 15 is 0 Å². The fourth-order valence-corrected chi connectivity index (χ4v) is 4.94. The lowest BCUT2D eigenvalue weighted by molar-refractivity contribution is -0.141. The third kappa shape index (κ3) is 5.60. The second-order valence-electron chi connectivity index (χ2n) is 9.21. The Balaban J connectivity index is 1.26. The van der Waals surface area contributed by atoms with Crippen molar-refractivity contribution in [1.82, 2.24) is 9.88 Å². The average molecular weight is 436 g/mol. The minimum absolute atomic E-state index is 0.0167. The Hall–Kier alpha value is -2.05. The van der Waals surface area contributed by atoms with Crippen LogP contribution >= 0.6 is 0 Å². The number of allylic oxidation sites excluding steroid dienone is 2. The van der Waals surface area contributed by atoms with Gasteiger partial charge in [0.05, 0.1) is 11.9 Å². The van der Waals surface area contributed by atoms with E-state index in [4.69, 9.17) is 0 Å². The van der Waals surface area contributed by atoms with Gasteiger partial charge in [-0.05, 0) is 69.4 Å². The number of nitrogens with zero attached hydrogens (tertiary/aromatic N) is 3. The van der Waals surface area contributed by atoms with E-state index < -0.39 is 11.9 Å². The van der Waals surface area contributed by atoms with Gasteiger partial charge >= 0.3 is 6.18 Å². The maximum atomic E-state index is 13.1. The van der Waals surface area contributed by atoms with Crippen molar-refractivity contribution in [3.63, 3.8) is 0 Å². The van der Waals surface area contributed by atoms with Crippen molar-refractivity contribution < 1.29 is 18.0 Å². The number of likely N-dealkylation sites (tertiary alicyclic amines) is 1. The standard InChI is InChI=1S/C24H32F3N3O/c25-24(26,27)22-9-8-21(17-28-22)29-14-10-20(11-15-29)23(31)30-12-2-6-19(7-3-13-30)16-18-4-1-5-18/h8-9,16-18,20H,1-7,10-15H2. The van der Waals surface area contributed by atoms with Crippen LogP contribution in [0.25, 0.3) is 0 Å². The van der Waals surface area contributed by atoms with E-state index in [2.05, 4.69) is 16.0 Å². The third-order valence-electron chi connectivity index (χ3n) is 7.03. The zero-order valence-electron chi connectivity index (χ0n) is 18.0. The van der Waals surface area contributed by atoms with Crippen LogP contribution in [0.4, 0.5) is 18.9 Å². The molecule has 1 aliphatic carbocycles. The van der Waals surface area contributed by atoms with Gasteiger partial charge in [-0.3, -0.25) is 4.79 Å². The van der Waals surface area contributed by atoms with E-state index in [0.717, 1.165) is 63.6 Å². The summed E-state index contributed by atoms with van der Waals surface area (Å²) in [5.41, 5.74) is 1.41. The van der Waals surface area contributed by atoms with Crippen LogP contribution in [0, 0.1) is 11.8 Å². The van der Waals surface area contributed by atoms with Crippen LogP contribution in [0.15, 0.2) is 30.0 Å². The van der Waals surface area contributed by atoms with Crippen molar-refractivity contribution in [2.24, 2.45) is 11.8 Å². The van der Waals surface area contributed by atoms with Crippen LogP contribution < -0.4 is 4.90 Å². The minimum Gasteiger partial charge on any atom is -0.370 e. The number of amides is 1. The molecule has 1 aromatic rings. The summed E-state index contributed by atoms with van der Waals surface area (Å²) in [6.45, 7) is 3.02. The molecule has 1 saturated carbocycles. The molecule has 0 spiro atoms. The molecule has 3 aliphatic rings. The number of rotatable bonds is 3. The van der Waals surface area contributed by atoms with Gasteiger partial charge in [0.15, 0.2) is 0 Å². The van der Waals surface area contributed by atoms with Gasteiger partial charge in [-0.1, -0.05) is 18.1 Å². The molecule has 1 aromatic heterocycles. The van der Waals surface area contributed by atoms with E-state index in [1.807, 2.05) is 4.90 Å². The molecule has 4 nitrogen and oxygen atoms in total. The predicted molar refractivity (Wildman–Crippen MR) is 115 cm³/mol. The summed E-state index contributed by atoms with van der Waals surface area (Å²) >= 11 is 0. The summed E-state index contributed by atoms with van der Waals surface area (Å²) in [5, 5.41) is 0. The molecule has 170 valence electrons. The number of hydrogen-bond donors (Lipinski definition) is 0. The fraction of sp³-hybridized carbons (Fsp3) is 0.667. The number of pyridine rings is 1. The molecule has 0 atom stereocenters. The SMILES string of the molecule is O=C(C1CCN(c2ccc(C(F)(F)F)nc2)CC1)N1CCCC(=CC2CCC2)CCC1. The first-order valence-corrected chi connectivity index (χ1v) is 11.7. The van der Waals surface area contributed by atoms with E-state index in [1.165, 1.54) is 31.5 Å². The van der Waals surface area contributed by atoms with Gasteiger partial charge in [0.1, 0.15) is 5.69 Å². The Morgan fingerprint density at radius 1 is 0.968 bits per heavy atom. The maximum Gasteiger partial charge on any atom is 0.433 e. The zero-order valence-corrected chi connectivity index (χ0v) is 18.0. The predicted octanol–water partition coefficient (Wildman–Crippen LogP) is 5.45. The molecule has 3 heterocycles. The van der Waals surface area contributed by atoms with Gasteiger partial charge < -0.3 is 9.80 Å². The highest BCUT2D eigenvalue weighted by Crippen LogP contribution is 2.32. The average Bonchev–Trinajstić information content (AvgIpc) is 2.71. The second kappa shape index (κ2) is 9.61. The van der Waals surface area contributed by atoms with Crippen LogP contribution in [0.3, 0.4) is 0 Å². The lowest BCUT2D eigenvalue weighted by Gasteiger charge is -2.36. The normalized spacial score (nSPS) is 22.0. The van der Waals surface area contributed by atoms with Crippen molar-refractivity contribution in [2.75, 3.05) is 31.1 Å². The van der Waals surface area contributed by atoms with Gasteiger partial charge in [-0.2, -0.15) is 13.2 Å². The maximum absolute atomic E-state index is 13.1. The summed E-state index contributed by atoms with van der Waals surface area (Å²) in [4.78, 5) is 20.7.